The molecule has 280 valence electrons. The first-order valence-corrected chi connectivity index (χ1v) is 20.3. The first-order chi connectivity index (χ1) is 29.8. The normalized spacial score (nSPS) is 11.7. The zero-order valence-electron chi connectivity index (χ0n) is 32.4. The largest absolute Gasteiger partial charge is 0.307 e. The molecule has 5 heteroatoms. The van der Waals surface area contributed by atoms with Crippen molar-refractivity contribution in [3.05, 3.63) is 212 Å². The molecule has 5 nitrogen and oxygen atoms in total. The molecule has 0 aliphatic rings. The molecular formula is C55H35N5. The standard InChI is InChI=1S/C55H35N5/c1-3-15-36(16-4-1)37-29-31-40(32-30-37)54-56-53(39-18-5-2-6-19-39)57-55(58-54)41-33-34-50-46(35-41)44-23-10-11-25-48(44)59(50)51-28-14-24-45-43-22-9-12-26-49(43)60(52(45)51)47-27-13-20-38-17-7-8-21-42(38)47/h1-35H. The fraction of sp³-hybridized carbons (Fsp3) is 0. The van der Waals surface area contributed by atoms with Crippen molar-refractivity contribution in [2.24, 2.45) is 0 Å². The fourth-order valence-corrected chi connectivity index (χ4v) is 9.00. The van der Waals surface area contributed by atoms with E-state index in [1.54, 1.807) is 0 Å². The molecule has 0 N–H and O–H groups in total. The van der Waals surface area contributed by atoms with Gasteiger partial charge < -0.3 is 9.13 Å². The second-order valence-electron chi connectivity index (χ2n) is 15.2. The molecule has 0 atom stereocenters. The van der Waals surface area contributed by atoms with E-state index in [9.17, 15) is 0 Å². The lowest BCUT2D eigenvalue weighted by atomic mass is 10.0. The molecular weight excluding hydrogens is 731 g/mol. The Morgan fingerprint density at radius 2 is 0.717 bits per heavy atom. The highest BCUT2D eigenvalue weighted by Crippen LogP contribution is 2.41. The number of hydrogen-bond donors (Lipinski definition) is 0. The van der Waals surface area contributed by atoms with E-state index < -0.39 is 0 Å². The molecule has 0 amide bonds. The van der Waals surface area contributed by atoms with E-state index in [1.165, 1.54) is 32.6 Å². The van der Waals surface area contributed by atoms with E-state index in [0.717, 1.165) is 61.0 Å². The van der Waals surface area contributed by atoms with Gasteiger partial charge in [-0.15, -0.1) is 0 Å². The fourth-order valence-electron chi connectivity index (χ4n) is 9.00. The van der Waals surface area contributed by atoms with Crippen molar-refractivity contribution >= 4 is 54.4 Å². The molecule has 0 saturated carbocycles. The molecule has 9 aromatic carbocycles. The van der Waals surface area contributed by atoms with Crippen molar-refractivity contribution in [3.8, 4) is 56.7 Å². The lowest BCUT2D eigenvalue weighted by Crippen LogP contribution is -2.01. The average molecular weight is 766 g/mol. The van der Waals surface area contributed by atoms with Gasteiger partial charge in [-0.05, 0) is 59.0 Å². The molecule has 12 rings (SSSR count). The quantitative estimate of drug-likeness (QED) is 0.169. The van der Waals surface area contributed by atoms with Gasteiger partial charge in [-0.25, -0.2) is 15.0 Å². The summed E-state index contributed by atoms with van der Waals surface area (Å²) >= 11 is 0. The van der Waals surface area contributed by atoms with Crippen LogP contribution < -0.4 is 0 Å². The average Bonchev–Trinajstić information content (AvgIpc) is 3.84. The lowest BCUT2D eigenvalue weighted by Gasteiger charge is -2.16. The Labute approximate surface area is 346 Å². The predicted molar refractivity (Wildman–Crippen MR) is 248 cm³/mol. The topological polar surface area (TPSA) is 48.5 Å². The lowest BCUT2D eigenvalue weighted by molar-refractivity contribution is 1.07. The zero-order valence-corrected chi connectivity index (χ0v) is 32.4. The number of nitrogens with zero attached hydrogens (tertiary/aromatic N) is 5. The van der Waals surface area contributed by atoms with Crippen LogP contribution >= 0.6 is 0 Å². The number of hydrogen-bond acceptors (Lipinski definition) is 3. The van der Waals surface area contributed by atoms with Gasteiger partial charge in [0.25, 0.3) is 0 Å². The summed E-state index contributed by atoms with van der Waals surface area (Å²) in [6, 6.07) is 75.1. The summed E-state index contributed by atoms with van der Waals surface area (Å²) < 4.78 is 4.89. The Morgan fingerprint density at radius 3 is 1.45 bits per heavy atom. The maximum Gasteiger partial charge on any atom is 0.164 e. The van der Waals surface area contributed by atoms with Gasteiger partial charge in [-0.2, -0.15) is 0 Å². The van der Waals surface area contributed by atoms with Gasteiger partial charge >= 0.3 is 0 Å². The Balaban J connectivity index is 1.07. The number of fused-ring (bicyclic) bond motifs is 7. The predicted octanol–water partition coefficient (Wildman–Crippen LogP) is 13.9. The molecule has 0 unspecified atom stereocenters. The summed E-state index contributed by atoms with van der Waals surface area (Å²) in [5.74, 6) is 1.90. The van der Waals surface area contributed by atoms with E-state index >= 15 is 0 Å². The number of rotatable bonds is 6. The van der Waals surface area contributed by atoms with Crippen LogP contribution in [0.2, 0.25) is 0 Å². The van der Waals surface area contributed by atoms with E-state index in [0.29, 0.717) is 17.5 Å². The molecule has 0 bridgehead atoms. The molecule has 0 spiro atoms. The van der Waals surface area contributed by atoms with Crippen LogP contribution in [0.15, 0.2) is 212 Å². The second-order valence-corrected chi connectivity index (χ2v) is 15.2. The van der Waals surface area contributed by atoms with Crippen molar-refractivity contribution in [1.29, 1.82) is 0 Å². The van der Waals surface area contributed by atoms with Gasteiger partial charge in [-0.1, -0.05) is 170 Å². The minimum Gasteiger partial charge on any atom is -0.307 e. The third kappa shape index (κ3) is 5.44. The smallest absolute Gasteiger partial charge is 0.164 e. The summed E-state index contributed by atoms with van der Waals surface area (Å²) in [5, 5.41) is 7.14. The monoisotopic (exact) mass is 765 g/mol. The summed E-state index contributed by atoms with van der Waals surface area (Å²) in [7, 11) is 0. The summed E-state index contributed by atoms with van der Waals surface area (Å²) in [6.45, 7) is 0. The molecule has 0 radical (unpaired) electrons. The maximum absolute atomic E-state index is 5.16. The van der Waals surface area contributed by atoms with Crippen molar-refractivity contribution in [2.75, 3.05) is 0 Å². The van der Waals surface area contributed by atoms with Gasteiger partial charge in [0.1, 0.15) is 0 Å². The Hall–Kier alpha value is -8.15. The Kier molecular flexibility index (Phi) is 7.78. The van der Waals surface area contributed by atoms with E-state index in [1.807, 2.05) is 24.3 Å². The van der Waals surface area contributed by atoms with Gasteiger partial charge in [0.2, 0.25) is 0 Å². The molecule has 60 heavy (non-hydrogen) atoms. The molecule has 0 fully saturated rings. The SMILES string of the molecule is c1ccc(-c2ccc(-c3nc(-c4ccccc4)nc(-c4ccc5c(c4)c4ccccc4n5-c4cccc5c6ccccc6n(-c6cccc7ccccc67)c45)n3)cc2)cc1. The van der Waals surface area contributed by atoms with Crippen molar-refractivity contribution in [3.63, 3.8) is 0 Å². The van der Waals surface area contributed by atoms with Crippen LogP contribution in [0.5, 0.6) is 0 Å². The highest BCUT2D eigenvalue weighted by atomic mass is 15.1. The van der Waals surface area contributed by atoms with Crippen LogP contribution in [0.4, 0.5) is 0 Å². The summed E-state index contributed by atoms with van der Waals surface area (Å²) in [4.78, 5) is 15.3. The van der Waals surface area contributed by atoms with Crippen molar-refractivity contribution in [1.82, 2.24) is 24.1 Å². The van der Waals surface area contributed by atoms with Gasteiger partial charge in [0.15, 0.2) is 17.5 Å². The van der Waals surface area contributed by atoms with Crippen molar-refractivity contribution in [2.45, 2.75) is 0 Å². The molecule has 0 aliphatic heterocycles. The number of para-hydroxylation sites is 3. The van der Waals surface area contributed by atoms with E-state index in [2.05, 4.69) is 197 Å². The van der Waals surface area contributed by atoms with Gasteiger partial charge in [0, 0.05) is 43.6 Å². The zero-order chi connectivity index (χ0) is 39.6. The third-order valence-electron chi connectivity index (χ3n) is 11.8. The summed E-state index contributed by atoms with van der Waals surface area (Å²) in [5.41, 5.74) is 12.0. The molecule has 3 aromatic heterocycles. The van der Waals surface area contributed by atoms with Crippen LogP contribution in [0, 0.1) is 0 Å². The first kappa shape index (κ1) is 33.9. The van der Waals surface area contributed by atoms with E-state index in [4.69, 9.17) is 15.0 Å². The Morgan fingerprint density at radius 1 is 0.267 bits per heavy atom. The summed E-state index contributed by atoms with van der Waals surface area (Å²) in [6.07, 6.45) is 0. The minimum atomic E-state index is 0.628. The maximum atomic E-state index is 5.16. The Bertz CT molecular complexity index is 3580. The molecule has 0 aliphatic carbocycles. The minimum absolute atomic E-state index is 0.628. The highest BCUT2D eigenvalue weighted by Gasteiger charge is 2.22. The van der Waals surface area contributed by atoms with Crippen LogP contribution in [0.3, 0.4) is 0 Å². The number of benzene rings is 9. The molecule has 12 aromatic rings. The van der Waals surface area contributed by atoms with Gasteiger partial charge in [-0.3, -0.25) is 0 Å². The van der Waals surface area contributed by atoms with Crippen molar-refractivity contribution < 1.29 is 0 Å². The van der Waals surface area contributed by atoms with Crippen LogP contribution in [-0.2, 0) is 0 Å². The second kappa shape index (κ2) is 13.8. The van der Waals surface area contributed by atoms with Gasteiger partial charge in [0.05, 0.1) is 33.4 Å². The third-order valence-corrected chi connectivity index (χ3v) is 11.8. The molecule has 0 saturated heterocycles. The van der Waals surface area contributed by atoms with E-state index in [-0.39, 0.29) is 0 Å². The number of aromatic nitrogens is 5. The van der Waals surface area contributed by atoms with Crippen LogP contribution in [0.25, 0.3) is 111 Å². The van der Waals surface area contributed by atoms with Crippen LogP contribution in [-0.4, -0.2) is 24.1 Å². The van der Waals surface area contributed by atoms with Crippen LogP contribution in [0.1, 0.15) is 0 Å². The highest BCUT2D eigenvalue weighted by molar-refractivity contribution is 6.16. The molecule has 3 heterocycles. The first-order valence-electron chi connectivity index (χ1n) is 20.3.